The molecule has 0 aliphatic carbocycles. The number of H-pyrrole nitrogens is 1. The van der Waals surface area contributed by atoms with Crippen LogP contribution in [0, 0.1) is 4.77 Å². The molecule has 108 valence electrons. The summed E-state index contributed by atoms with van der Waals surface area (Å²) in [5, 5.41) is 0. The average molecular weight is 298 g/mol. The van der Waals surface area contributed by atoms with Gasteiger partial charge in [0.25, 0.3) is 0 Å². The van der Waals surface area contributed by atoms with Crippen LogP contribution >= 0.6 is 12.2 Å². The van der Waals surface area contributed by atoms with Crippen LogP contribution in [-0.4, -0.2) is 15.7 Å². The lowest BCUT2D eigenvalue weighted by molar-refractivity contribution is 0.217. The summed E-state index contributed by atoms with van der Waals surface area (Å²) >= 11 is 5.46. The predicted octanol–water partition coefficient (Wildman–Crippen LogP) is 4.87. The second-order valence-corrected chi connectivity index (χ2v) is 5.50. The van der Waals surface area contributed by atoms with Gasteiger partial charge in [-0.15, -0.1) is 0 Å². The number of aromatic amines is 1. The Hall–Kier alpha value is -2.07. The minimum Gasteiger partial charge on any atom is -0.491 e. The summed E-state index contributed by atoms with van der Waals surface area (Å²) in [4.78, 5) is 3.23. The molecule has 0 fully saturated rings. The van der Waals surface area contributed by atoms with Gasteiger partial charge in [0.1, 0.15) is 5.75 Å². The predicted molar refractivity (Wildman–Crippen MR) is 88.8 cm³/mol. The summed E-state index contributed by atoms with van der Waals surface area (Å²) in [6, 6.07) is 16.2. The number of ether oxygens (including phenoxy) is 1. The van der Waals surface area contributed by atoms with Crippen molar-refractivity contribution in [1.82, 2.24) is 9.55 Å². The van der Waals surface area contributed by atoms with Crippen molar-refractivity contribution in [3.63, 3.8) is 0 Å². The van der Waals surface area contributed by atoms with Crippen molar-refractivity contribution in [3.05, 3.63) is 53.3 Å². The molecule has 2 aromatic carbocycles. The van der Waals surface area contributed by atoms with Crippen molar-refractivity contribution >= 4 is 23.3 Å². The molecule has 1 aromatic heterocycles. The highest BCUT2D eigenvalue weighted by Crippen LogP contribution is 2.23. The number of benzene rings is 2. The fraction of sp³-hybridized carbons (Fsp3) is 0.235. The Morgan fingerprint density at radius 1 is 1.19 bits per heavy atom. The largest absolute Gasteiger partial charge is 0.491 e. The Balaban J connectivity index is 2.09. The molecule has 4 heteroatoms. The molecule has 3 aromatic rings. The van der Waals surface area contributed by atoms with Gasteiger partial charge >= 0.3 is 0 Å². The molecule has 1 heterocycles. The van der Waals surface area contributed by atoms with Crippen LogP contribution in [0.25, 0.3) is 16.7 Å². The van der Waals surface area contributed by atoms with Crippen molar-refractivity contribution in [2.75, 3.05) is 0 Å². The number of nitrogens with zero attached hydrogens (tertiary/aromatic N) is 1. The van der Waals surface area contributed by atoms with Gasteiger partial charge in [0.05, 0.1) is 22.8 Å². The lowest BCUT2D eigenvalue weighted by Gasteiger charge is -2.13. The third-order valence-electron chi connectivity index (χ3n) is 3.58. The number of imidazole rings is 1. The third-order valence-corrected chi connectivity index (χ3v) is 3.86. The van der Waals surface area contributed by atoms with Crippen LogP contribution in [-0.2, 0) is 0 Å². The molecule has 0 saturated carbocycles. The molecule has 0 saturated heterocycles. The minimum atomic E-state index is 0.205. The van der Waals surface area contributed by atoms with Gasteiger partial charge in [-0.1, -0.05) is 25.1 Å². The molecular formula is C17H18N2OS. The van der Waals surface area contributed by atoms with Gasteiger partial charge in [0.2, 0.25) is 0 Å². The summed E-state index contributed by atoms with van der Waals surface area (Å²) in [6.45, 7) is 4.19. The van der Waals surface area contributed by atoms with Crippen LogP contribution in [0.3, 0.4) is 0 Å². The summed E-state index contributed by atoms with van der Waals surface area (Å²) in [5.74, 6) is 0.869. The Morgan fingerprint density at radius 2 is 2.00 bits per heavy atom. The average Bonchev–Trinajstić information content (AvgIpc) is 2.83. The van der Waals surface area contributed by atoms with E-state index in [2.05, 4.69) is 24.9 Å². The van der Waals surface area contributed by atoms with E-state index in [4.69, 9.17) is 17.0 Å². The van der Waals surface area contributed by atoms with Crippen LogP contribution < -0.4 is 4.74 Å². The van der Waals surface area contributed by atoms with E-state index in [1.165, 1.54) is 0 Å². The summed E-state index contributed by atoms with van der Waals surface area (Å²) in [6.07, 6.45) is 1.19. The SMILES string of the molecule is CCC(C)Oc1cccc(-n2c(=S)[nH]c3ccccc32)c1. The van der Waals surface area contributed by atoms with Gasteiger partial charge in [-0.25, -0.2) is 0 Å². The molecule has 0 aliphatic rings. The minimum absolute atomic E-state index is 0.205. The van der Waals surface area contributed by atoms with Crippen LogP contribution in [0.1, 0.15) is 20.3 Å². The number of nitrogens with one attached hydrogen (secondary N) is 1. The number of rotatable bonds is 4. The molecule has 0 amide bonds. The molecule has 0 radical (unpaired) electrons. The molecule has 0 spiro atoms. The number of hydrogen-bond acceptors (Lipinski definition) is 2. The molecule has 21 heavy (non-hydrogen) atoms. The third kappa shape index (κ3) is 2.72. The van der Waals surface area contributed by atoms with E-state index in [0.29, 0.717) is 4.77 Å². The molecule has 0 aliphatic heterocycles. The Bertz CT molecular complexity index is 819. The van der Waals surface area contributed by atoms with Crippen LogP contribution in [0.2, 0.25) is 0 Å². The van der Waals surface area contributed by atoms with Gasteiger partial charge in [0, 0.05) is 6.07 Å². The van der Waals surface area contributed by atoms with Crippen molar-refractivity contribution in [1.29, 1.82) is 0 Å². The summed E-state index contributed by atoms with van der Waals surface area (Å²) in [5.41, 5.74) is 3.12. The molecular weight excluding hydrogens is 280 g/mol. The fourth-order valence-corrected chi connectivity index (χ4v) is 2.64. The van der Waals surface area contributed by atoms with Crippen molar-refractivity contribution in [3.8, 4) is 11.4 Å². The topological polar surface area (TPSA) is 29.9 Å². The zero-order valence-electron chi connectivity index (χ0n) is 12.2. The van der Waals surface area contributed by atoms with Crippen molar-refractivity contribution in [2.45, 2.75) is 26.4 Å². The fourth-order valence-electron chi connectivity index (χ4n) is 2.32. The van der Waals surface area contributed by atoms with E-state index in [-0.39, 0.29) is 6.10 Å². The summed E-state index contributed by atoms with van der Waals surface area (Å²) < 4.78 is 8.62. The Labute approximate surface area is 129 Å². The van der Waals surface area contributed by atoms with Gasteiger partial charge in [-0.2, -0.15) is 0 Å². The zero-order valence-corrected chi connectivity index (χ0v) is 13.0. The number of aromatic nitrogens is 2. The van der Waals surface area contributed by atoms with Crippen LogP contribution in [0.15, 0.2) is 48.5 Å². The lowest BCUT2D eigenvalue weighted by atomic mass is 10.2. The van der Waals surface area contributed by atoms with Crippen LogP contribution in [0.4, 0.5) is 0 Å². The maximum Gasteiger partial charge on any atom is 0.182 e. The van der Waals surface area contributed by atoms with Gasteiger partial charge in [-0.3, -0.25) is 4.57 Å². The summed E-state index contributed by atoms with van der Waals surface area (Å²) in [7, 11) is 0. The second kappa shape index (κ2) is 5.74. The van der Waals surface area contributed by atoms with E-state index in [1.54, 1.807) is 0 Å². The van der Waals surface area contributed by atoms with Gasteiger partial charge < -0.3 is 9.72 Å². The number of hydrogen-bond donors (Lipinski definition) is 1. The number of fused-ring (bicyclic) bond motifs is 1. The maximum atomic E-state index is 5.90. The Morgan fingerprint density at radius 3 is 2.81 bits per heavy atom. The van der Waals surface area contributed by atoms with Gasteiger partial charge in [-0.05, 0) is 49.8 Å². The molecule has 1 N–H and O–H groups in total. The Kier molecular flexibility index (Phi) is 3.80. The maximum absolute atomic E-state index is 5.90. The standard InChI is InChI=1S/C17H18N2OS/c1-3-12(2)20-14-8-6-7-13(11-14)19-16-10-5-4-9-15(16)18-17(19)21/h4-12H,3H2,1-2H3,(H,18,21). The normalized spacial score (nSPS) is 12.5. The first-order valence-electron chi connectivity index (χ1n) is 7.16. The zero-order chi connectivity index (χ0) is 14.8. The van der Waals surface area contributed by atoms with Crippen molar-refractivity contribution < 1.29 is 4.74 Å². The number of para-hydroxylation sites is 2. The molecule has 1 unspecified atom stereocenters. The van der Waals surface area contributed by atoms with E-state index in [0.717, 1.165) is 28.9 Å². The molecule has 3 rings (SSSR count). The first kappa shape index (κ1) is 13.9. The second-order valence-electron chi connectivity index (χ2n) is 5.12. The monoisotopic (exact) mass is 298 g/mol. The van der Waals surface area contributed by atoms with Crippen molar-refractivity contribution in [2.24, 2.45) is 0 Å². The highest BCUT2D eigenvalue weighted by atomic mass is 32.1. The highest BCUT2D eigenvalue weighted by molar-refractivity contribution is 7.71. The highest BCUT2D eigenvalue weighted by Gasteiger charge is 2.08. The smallest absolute Gasteiger partial charge is 0.182 e. The first-order chi connectivity index (χ1) is 10.2. The van der Waals surface area contributed by atoms with Gasteiger partial charge in [0.15, 0.2) is 4.77 Å². The van der Waals surface area contributed by atoms with E-state index in [9.17, 15) is 0 Å². The quantitative estimate of drug-likeness (QED) is 0.697. The van der Waals surface area contributed by atoms with E-state index >= 15 is 0 Å². The van der Waals surface area contributed by atoms with E-state index < -0.39 is 0 Å². The lowest BCUT2D eigenvalue weighted by Crippen LogP contribution is -2.09. The van der Waals surface area contributed by atoms with Crippen LogP contribution in [0.5, 0.6) is 5.75 Å². The molecule has 0 bridgehead atoms. The first-order valence-corrected chi connectivity index (χ1v) is 7.56. The molecule has 3 nitrogen and oxygen atoms in total. The molecule has 1 atom stereocenters. The van der Waals surface area contributed by atoms with E-state index in [1.807, 2.05) is 47.0 Å².